The van der Waals surface area contributed by atoms with E-state index in [9.17, 15) is 10.2 Å². The van der Waals surface area contributed by atoms with Crippen molar-refractivity contribution in [3.05, 3.63) is 28.8 Å². The van der Waals surface area contributed by atoms with Gasteiger partial charge in [0.25, 0.3) is 0 Å². The molecule has 0 spiro atoms. The molecule has 3 nitrogen and oxygen atoms in total. The predicted molar refractivity (Wildman–Crippen MR) is 66.4 cm³/mol. The smallest absolute Gasteiger partial charge is 0.0553 e. The van der Waals surface area contributed by atoms with Crippen molar-refractivity contribution in [2.75, 3.05) is 5.73 Å². The topological polar surface area (TPSA) is 66.5 Å². The van der Waals surface area contributed by atoms with Crippen LogP contribution in [0.25, 0.3) is 0 Å². The summed E-state index contributed by atoms with van der Waals surface area (Å²) in [4.78, 5) is 0. The number of anilines is 1. The number of nitrogen functional groups attached to an aromatic ring is 1. The summed E-state index contributed by atoms with van der Waals surface area (Å²) in [5, 5.41) is 18.8. The molecule has 0 fully saturated rings. The van der Waals surface area contributed by atoms with E-state index in [4.69, 9.17) is 5.73 Å². The molecule has 0 aromatic heterocycles. The molecule has 2 atom stereocenters. The summed E-state index contributed by atoms with van der Waals surface area (Å²) in [6.07, 6.45) is 0.425. The molecule has 1 rings (SSSR count). The van der Waals surface area contributed by atoms with E-state index in [-0.39, 0.29) is 6.10 Å². The lowest BCUT2D eigenvalue weighted by atomic mass is 9.94. The highest BCUT2D eigenvalue weighted by Crippen LogP contribution is 2.23. The highest BCUT2D eigenvalue weighted by Gasteiger charge is 2.11. The second kappa shape index (κ2) is 5.32. The van der Waals surface area contributed by atoms with Crippen molar-refractivity contribution in [2.24, 2.45) is 0 Å². The van der Waals surface area contributed by atoms with Crippen LogP contribution in [0.1, 0.15) is 30.5 Å². The van der Waals surface area contributed by atoms with Crippen molar-refractivity contribution >= 4 is 5.69 Å². The maximum Gasteiger partial charge on any atom is 0.0553 e. The molecule has 0 bridgehead atoms. The summed E-state index contributed by atoms with van der Waals surface area (Å²) in [6, 6.07) is 3.80. The molecule has 0 aliphatic heterocycles. The van der Waals surface area contributed by atoms with Crippen LogP contribution in [0.5, 0.6) is 0 Å². The van der Waals surface area contributed by atoms with E-state index in [2.05, 4.69) is 0 Å². The van der Waals surface area contributed by atoms with Gasteiger partial charge in [-0.05, 0) is 49.9 Å². The fourth-order valence-corrected chi connectivity index (χ4v) is 1.93. The normalized spacial score (nSPS) is 14.8. The Morgan fingerprint density at radius 2 is 1.69 bits per heavy atom. The van der Waals surface area contributed by atoms with Gasteiger partial charge in [0.05, 0.1) is 12.2 Å². The van der Waals surface area contributed by atoms with Crippen LogP contribution in [-0.2, 0) is 12.8 Å². The summed E-state index contributed by atoms with van der Waals surface area (Å²) < 4.78 is 0. The third-order valence-electron chi connectivity index (χ3n) is 2.76. The summed E-state index contributed by atoms with van der Waals surface area (Å²) in [7, 11) is 0. The minimum absolute atomic E-state index is 0.360. The lowest BCUT2D eigenvalue weighted by Gasteiger charge is -2.16. The fourth-order valence-electron chi connectivity index (χ4n) is 1.93. The Morgan fingerprint density at radius 1 is 1.12 bits per heavy atom. The number of benzene rings is 1. The van der Waals surface area contributed by atoms with E-state index in [0.717, 1.165) is 16.7 Å². The van der Waals surface area contributed by atoms with Crippen LogP contribution >= 0.6 is 0 Å². The molecule has 4 N–H and O–H groups in total. The molecular weight excluding hydrogens is 202 g/mol. The number of hydrogen-bond donors (Lipinski definition) is 3. The Balaban J connectivity index is 3.06. The highest BCUT2D eigenvalue weighted by atomic mass is 16.3. The van der Waals surface area contributed by atoms with Gasteiger partial charge in [-0.15, -0.1) is 0 Å². The SMILES string of the molecule is Cc1c(CC(C)O)ccc(N)c1CC(C)O. The first-order chi connectivity index (χ1) is 7.41. The maximum absolute atomic E-state index is 9.42. The van der Waals surface area contributed by atoms with Crippen LogP contribution in [0.15, 0.2) is 12.1 Å². The first-order valence-electron chi connectivity index (χ1n) is 5.64. The lowest BCUT2D eigenvalue weighted by Crippen LogP contribution is -2.12. The largest absolute Gasteiger partial charge is 0.398 e. The van der Waals surface area contributed by atoms with E-state index >= 15 is 0 Å². The molecule has 0 saturated carbocycles. The molecule has 16 heavy (non-hydrogen) atoms. The van der Waals surface area contributed by atoms with Crippen molar-refractivity contribution < 1.29 is 10.2 Å². The van der Waals surface area contributed by atoms with Crippen LogP contribution in [0.3, 0.4) is 0 Å². The zero-order valence-corrected chi connectivity index (χ0v) is 10.2. The van der Waals surface area contributed by atoms with Crippen LogP contribution in [0.2, 0.25) is 0 Å². The third-order valence-corrected chi connectivity index (χ3v) is 2.76. The number of nitrogens with two attached hydrogens (primary N) is 1. The Labute approximate surface area is 96.9 Å². The van der Waals surface area contributed by atoms with Gasteiger partial charge >= 0.3 is 0 Å². The lowest BCUT2D eigenvalue weighted by molar-refractivity contribution is 0.194. The second-order valence-corrected chi connectivity index (χ2v) is 4.52. The van der Waals surface area contributed by atoms with Gasteiger partial charge in [0.15, 0.2) is 0 Å². The molecule has 90 valence electrons. The standard InChI is InChI=1S/C13H21NO2/c1-8(15)6-11-4-5-13(14)12(10(11)3)7-9(2)16/h4-5,8-9,15-16H,6-7,14H2,1-3H3. The van der Waals surface area contributed by atoms with Gasteiger partial charge in [-0.25, -0.2) is 0 Å². The molecule has 0 aliphatic carbocycles. The minimum Gasteiger partial charge on any atom is -0.398 e. The monoisotopic (exact) mass is 223 g/mol. The van der Waals surface area contributed by atoms with Crippen molar-refractivity contribution in [3.8, 4) is 0 Å². The van der Waals surface area contributed by atoms with Gasteiger partial charge in [0, 0.05) is 12.1 Å². The van der Waals surface area contributed by atoms with Crippen molar-refractivity contribution in [3.63, 3.8) is 0 Å². The summed E-state index contributed by atoms with van der Waals surface area (Å²) in [6.45, 7) is 5.51. The Morgan fingerprint density at radius 3 is 2.19 bits per heavy atom. The van der Waals surface area contributed by atoms with Gasteiger partial charge in [-0.2, -0.15) is 0 Å². The average molecular weight is 223 g/mol. The highest BCUT2D eigenvalue weighted by molar-refractivity contribution is 5.54. The summed E-state index contributed by atoms with van der Waals surface area (Å²) in [5.74, 6) is 0. The average Bonchev–Trinajstić information content (AvgIpc) is 2.16. The van der Waals surface area contributed by atoms with Crippen LogP contribution in [0.4, 0.5) is 5.69 Å². The van der Waals surface area contributed by atoms with Crippen molar-refractivity contribution in [1.82, 2.24) is 0 Å². The molecule has 0 saturated heterocycles. The van der Waals surface area contributed by atoms with Crippen LogP contribution < -0.4 is 5.73 Å². The van der Waals surface area contributed by atoms with E-state index in [0.29, 0.717) is 18.5 Å². The summed E-state index contributed by atoms with van der Waals surface area (Å²) in [5.41, 5.74) is 9.79. The van der Waals surface area contributed by atoms with Crippen LogP contribution in [0, 0.1) is 6.92 Å². The first kappa shape index (κ1) is 13.0. The molecule has 0 heterocycles. The summed E-state index contributed by atoms with van der Waals surface area (Å²) >= 11 is 0. The second-order valence-electron chi connectivity index (χ2n) is 4.52. The molecule has 3 heteroatoms. The molecule has 0 amide bonds. The Hall–Kier alpha value is -1.06. The van der Waals surface area contributed by atoms with Crippen molar-refractivity contribution in [1.29, 1.82) is 0 Å². The van der Waals surface area contributed by atoms with Gasteiger partial charge in [-0.3, -0.25) is 0 Å². The number of rotatable bonds is 4. The van der Waals surface area contributed by atoms with Crippen LogP contribution in [-0.4, -0.2) is 22.4 Å². The minimum atomic E-state index is -0.400. The van der Waals surface area contributed by atoms with Gasteiger partial charge in [-0.1, -0.05) is 6.07 Å². The number of hydrogen-bond acceptors (Lipinski definition) is 3. The number of aliphatic hydroxyl groups is 2. The van der Waals surface area contributed by atoms with Crippen molar-refractivity contribution in [2.45, 2.75) is 45.8 Å². The number of aliphatic hydroxyl groups excluding tert-OH is 2. The molecule has 0 aliphatic rings. The van der Waals surface area contributed by atoms with E-state index in [1.54, 1.807) is 13.8 Å². The predicted octanol–water partition coefficient (Wildman–Crippen LogP) is 1.42. The Bertz CT molecular complexity index is 359. The molecule has 0 radical (unpaired) electrons. The van der Waals surface area contributed by atoms with Gasteiger partial charge in [0.2, 0.25) is 0 Å². The van der Waals surface area contributed by atoms with E-state index in [1.807, 2.05) is 19.1 Å². The molecular formula is C13H21NO2. The quantitative estimate of drug-likeness (QED) is 0.676. The zero-order valence-electron chi connectivity index (χ0n) is 10.2. The fraction of sp³-hybridized carbons (Fsp3) is 0.538. The first-order valence-corrected chi connectivity index (χ1v) is 5.64. The third kappa shape index (κ3) is 3.22. The zero-order chi connectivity index (χ0) is 12.3. The van der Waals surface area contributed by atoms with E-state index in [1.165, 1.54) is 0 Å². The van der Waals surface area contributed by atoms with E-state index < -0.39 is 6.10 Å². The van der Waals surface area contributed by atoms with Gasteiger partial charge < -0.3 is 15.9 Å². The molecule has 2 unspecified atom stereocenters. The maximum atomic E-state index is 9.42. The Kier molecular flexibility index (Phi) is 4.33. The molecule has 1 aromatic rings. The molecule has 1 aromatic carbocycles. The van der Waals surface area contributed by atoms with Gasteiger partial charge in [0.1, 0.15) is 0 Å².